The Balaban J connectivity index is 1.93. The second kappa shape index (κ2) is 6.36. The molecule has 4 nitrogen and oxygen atoms in total. The molecule has 5 heteroatoms. The van der Waals surface area contributed by atoms with E-state index in [1.54, 1.807) is 6.20 Å². The normalized spacial score (nSPS) is 15.8. The van der Waals surface area contributed by atoms with Crippen LogP contribution >= 0.6 is 11.6 Å². The topological polar surface area (TPSA) is 53.4 Å². The Bertz CT molecular complexity index is 668. The van der Waals surface area contributed by atoms with Crippen LogP contribution in [0.15, 0.2) is 42.7 Å². The Hall–Kier alpha value is -2.07. The number of anilines is 1. The summed E-state index contributed by atoms with van der Waals surface area (Å²) in [5.41, 5.74) is 3.00. The fourth-order valence-corrected chi connectivity index (χ4v) is 3.21. The predicted octanol–water partition coefficient (Wildman–Crippen LogP) is 3.70. The minimum absolute atomic E-state index is 0.253. The van der Waals surface area contributed by atoms with Gasteiger partial charge in [0.25, 0.3) is 0 Å². The number of pyridine rings is 1. The Morgan fingerprint density at radius 2 is 1.86 bits per heavy atom. The van der Waals surface area contributed by atoms with Crippen LogP contribution in [0, 0.1) is 5.92 Å². The molecule has 0 spiro atoms. The zero-order valence-electron chi connectivity index (χ0n) is 12.1. The lowest BCUT2D eigenvalue weighted by Crippen LogP contribution is -2.36. The van der Waals surface area contributed by atoms with Crippen molar-refractivity contribution in [3.8, 4) is 11.1 Å². The Morgan fingerprint density at radius 3 is 2.50 bits per heavy atom. The molecule has 1 aromatic heterocycles. The maximum absolute atomic E-state index is 11.1. The average molecular weight is 317 g/mol. The maximum Gasteiger partial charge on any atom is 0.306 e. The largest absolute Gasteiger partial charge is 0.481 e. The monoisotopic (exact) mass is 316 g/mol. The maximum atomic E-state index is 11.1. The number of carboxylic acid groups (broad SMARTS) is 1. The van der Waals surface area contributed by atoms with Gasteiger partial charge in [0.15, 0.2) is 0 Å². The molecule has 22 heavy (non-hydrogen) atoms. The molecule has 1 aliphatic heterocycles. The molecule has 0 saturated carbocycles. The van der Waals surface area contributed by atoms with E-state index >= 15 is 0 Å². The Kier molecular flexibility index (Phi) is 4.29. The number of carboxylic acids is 1. The van der Waals surface area contributed by atoms with Crippen molar-refractivity contribution in [2.75, 3.05) is 18.0 Å². The fourth-order valence-electron chi connectivity index (χ4n) is 2.93. The van der Waals surface area contributed by atoms with Gasteiger partial charge in [-0.15, -0.1) is 0 Å². The van der Waals surface area contributed by atoms with Crippen LogP contribution in [0.25, 0.3) is 11.1 Å². The summed E-state index contributed by atoms with van der Waals surface area (Å²) in [6.45, 7) is 1.39. The molecular formula is C17H17ClN2O2. The van der Waals surface area contributed by atoms with E-state index in [1.165, 1.54) is 0 Å². The molecule has 1 aromatic carbocycles. The first-order valence-corrected chi connectivity index (χ1v) is 7.71. The van der Waals surface area contributed by atoms with Crippen molar-refractivity contribution >= 4 is 23.3 Å². The molecule has 0 atom stereocenters. The van der Waals surface area contributed by atoms with Crippen molar-refractivity contribution in [1.29, 1.82) is 0 Å². The highest BCUT2D eigenvalue weighted by Crippen LogP contribution is 2.37. The second-order valence-electron chi connectivity index (χ2n) is 5.48. The molecule has 3 rings (SSSR count). The smallest absolute Gasteiger partial charge is 0.306 e. The van der Waals surface area contributed by atoms with Crippen molar-refractivity contribution in [1.82, 2.24) is 4.98 Å². The molecule has 2 aromatic rings. The Labute approximate surface area is 134 Å². The quantitative estimate of drug-likeness (QED) is 0.938. The first-order valence-electron chi connectivity index (χ1n) is 7.33. The van der Waals surface area contributed by atoms with Gasteiger partial charge in [-0.05, 0) is 18.4 Å². The van der Waals surface area contributed by atoms with Crippen LogP contribution in [0.3, 0.4) is 0 Å². The summed E-state index contributed by atoms with van der Waals surface area (Å²) in [5.74, 6) is -0.958. The van der Waals surface area contributed by atoms with Gasteiger partial charge in [0.2, 0.25) is 0 Å². The minimum atomic E-state index is -0.705. The van der Waals surface area contributed by atoms with Gasteiger partial charge in [-0.2, -0.15) is 0 Å². The van der Waals surface area contributed by atoms with Gasteiger partial charge in [0.1, 0.15) is 0 Å². The molecular weight excluding hydrogens is 300 g/mol. The average Bonchev–Trinajstić information content (AvgIpc) is 2.55. The number of hydrogen-bond donors (Lipinski definition) is 1. The highest BCUT2D eigenvalue weighted by atomic mass is 35.5. The van der Waals surface area contributed by atoms with Crippen LogP contribution < -0.4 is 4.90 Å². The molecule has 1 saturated heterocycles. The first-order chi connectivity index (χ1) is 10.7. The zero-order valence-corrected chi connectivity index (χ0v) is 12.8. The van der Waals surface area contributed by atoms with Crippen molar-refractivity contribution in [2.24, 2.45) is 5.92 Å². The summed E-state index contributed by atoms with van der Waals surface area (Å²) in [7, 11) is 0. The molecule has 1 fully saturated rings. The van der Waals surface area contributed by atoms with Crippen molar-refractivity contribution in [3.05, 3.63) is 47.7 Å². The summed E-state index contributed by atoms with van der Waals surface area (Å²) in [5, 5.41) is 9.73. The van der Waals surface area contributed by atoms with E-state index in [1.807, 2.05) is 36.5 Å². The van der Waals surface area contributed by atoms with Crippen LogP contribution in [-0.2, 0) is 4.79 Å². The van der Waals surface area contributed by atoms with Crippen LogP contribution in [0.5, 0.6) is 0 Å². The number of benzene rings is 1. The van der Waals surface area contributed by atoms with E-state index in [0.717, 1.165) is 16.8 Å². The first kappa shape index (κ1) is 14.9. The molecule has 0 unspecified atom stereocenters. The van der Waals surface area contributed by atoms with Crippen molar-refractivity contribution < 1.29 is 9.90 Å². The summed E-state index contributed by atoms with van der Waals surface area (Å²) < 4.78 is 0. The van der Waals surface area contributed by atoms with Crippen LogP contribution in [0.4, 0.5) is 5.69 Å². The molecule has 1 N–H and O–H groups in total. The molecule has 0 amide bonds. The number of aromatic nitrogens is 1. The summed E-state index contributed by atoms with van der Waals surface area (Å²) in [4.78, 5) is 17.5. The predicted molar refractivity (Wildman–Crippen MR) is 87.3 cm³/mol. The van der Waals surface area contributed by atoms with E-state index in [-0.39, 0.29) is 5.92 Å². The lowest BCUT2D eigenvalue weighted by Gasteiger charge is -2.33. The van der Waals surface area contributed by atoms with E-state index < -0.39 is 5.97 Å². The van der Waals surface area contributed by atoms with Gasteiger partial charge in [0, 0.05) is 31.0 Å². The number of nitrogens with zero attached hydrogens (tertiary/aromatic N) is 2. The van der Waals surface area contributed by atoms with Crippen molar-refractivity contribution in [2.45, 2.75) is 12.8 Å². The lowest BCUT2D eigenvalue weighted by molar-refractivity contribution is -0.142. The van der Waals surface area contributed by atoms with Crippen LogP contribution in [0.1, 0.15) is 12.8 Å². The number of carbonyl (C=O) groups is 1. The van der Waals surface area contributed by atoms with E-state index in [2.05, 4.69) is 9.88 Å². The molecule has 1 aliphatic rings. The number of halogens is 1. The van der Waals surface area contributed by atoms with Gasteiger partial charge >= 0.3 is 5.97 Å². The van der Waals surface area contributed by atoms with E-state index in [0.29, 0.717) is 31.0 Å². The third kappa shape index (κ3) is 2.92. The third-order valence-electron chi connectivity index (χ3n) is 4.12. The van der Waals surface area contributed by atoms with E-state index in [4.69, 9.17) is 16.7 Å². The summed E-state index contributed by atoms with van der Waals surface area (Å²) in [6.07, 6.45) is 4.75. The number of piperidine rings is 1. The SMILES string of the molecule is O=C(O)C1CCN(c2c(Cl)cncc2-c2ccccc2)CC1. The van der Waals surface area contributed by atoms with Crippen molar-refractivity contribution in [3.63, 3.8) is 0 Å². The standard InChI is InChI=1S/C17H17ClN2O2/c18-15-11-19-10-14(12-4-2-1-3-5-12)16(15)20-8-6-13(7-9-20)17(21)22/h1-5,10-11,13H,6-9H2,(H,21,22). The van der Waals surface area contributed by atoms with Crippen LogP contribution in [0.2, 0.25) is 5.02 Å². The molecule has 0 bridgehead atoms. The molecule has 0 radical (unpaired) electrons. The number of hydrogen-bond acceptors (Lipinski definition) is 3. The minimum Gasteiger partial charge on any atom is -0.481 e. The molecule has 114 valence electrons. The lowest BCUT2D eigenvalue weighted by atomic mass is 9.95. The third-order valence-corrected chi connectivity index (χ3v) is 4.39. The number of aliphatic carboxylic acids is 1. The highest BCUT2D eigenvalue weighted by Gasteiger charge is 2.27. The summed E-state index contributed by atoms with van der Waals surface area (Å²) in [6, 6.07) is 9.99. The molecule has 2 heterocycles. The second-order valence-corrected chi connectivity index (χ2v) is 5.89. The highest BCUT2D eigenvalue weighted by molar-refractivity contribution is 6.33. The fraction of sp³-hybridized carbons (Fsp3) is 0.294. The van der Waals surface area contributed by atoms with Gasteiger partial charge in [-0.3, -0.25) is 9.78 Å². The van der Waals surface area contributed by atoms with Gasteiger partial charge in [0.05, 0.1) is 16.6 Å². The van der Waals surface area contributed by atoms with E-state index in [9.17, 15) is 4.79 Å². The van der Waals surface area contributed by atoms with Crippen LogP contribution in [-0.4, -0.2) is 29.1 Å². The van der Waals surface area contributed by atoms with Gasteiger partial charge in [-0.1, -0.05) is 41.9 Å². The number of rotatable bonds is 3. The van der Waals surface area contributed by atoms with Gasteiger partial charge < -0.3 is 10.0 Å². The van der Waals surface area contributed by atoms with Gasteiger partial charge in [-0.25, -0.2) is 0 Å². The zero-order chi connectivity index (χ0) is 15.5. The Morgan fingerprint density at radius 1 is 1.18 bits per heavy atom. The summed E-state index contributed by atoms with van der Waals surface area (Å²) >= 11 is 6.39. The molecule has 0 aliphatic carbocycles.